The largest absolute Gasteiger partial charge is 0.507 e. The number of carbonyl (C=O) groups is 1. The highest BCUT2D eigenvalue weighted by molar-refractivity contribution is 5.74. The van der Waals surface area contributed by atoms with Gasteiger partial charge in [-0.3, -0.25) is 4.79 Å². The number of aromatic hydroxyl groups is 2. The molecule has 0 aliphatic carbocycles. The molecule has 0 aliphatic rings. The zero-order valence-corrected chi connectivity index (χ0v) is 16.1. The van der Waals surface area contributed by atoms with Gasteiger partial charge >= 0.3 is 0 Å². The molecule has 0 saturated heterocycles. The summed E-state index contributed by atoms with van der Waals surface area (Å²) >= 11 is 0. The Bertz CT molecular complexity index is 897. The third-order valence-corrected chi connectivity index (χ3v) is 5.10. The lowest BCUT2D eigenvalue weighted by Gasteiger charge is -2.22. The fourth-order valence-electron chi connectivity index (χ4n) is 3.66. The summed E-state index contributed by atoms with van der Waals surface area (Å²) in [7, 11) is 0. The van der Waals surface area contributed by atoms with E-state index in [1.165, 1.54) is 0 Å². The van der Waals surface area contributed by atoms with Crippen molar-refractivity contribution in [1.82, 2.24) is 0 Å². The summed E-state index contributed by atoms with van der Waals surface area (Å²) in [5, 5.41) is 20.3. The Kier molecular flexibility index (Phi) is 5.04. The van der Waals surface area contributed by atoms with Gasteiger partial charge in [0.1, 0.15) is 17.8 Å². The second-order valence-electron chi connectivity index (χ2n) is 7.22. The molecule has 2 N–H and O–H groups in total. The lowest BCUT2D eigenvalue weighted by atomic mass is 9.82. The number of phenolic OH excluding ortho intramolecular Hbond substituents is 2. The average molecular weight is 360 g/mol. The molecule has 3 heteroatoms. The van der Waals surface area contributed by atoms with Gasteiger partial charge < -0.3 is 10.2 Å². The highest BCUT2D eigenvalue weighted by Gasteiger charge is 2.20. The zero-order chi connectivity index (χ0) is 19.7. The number of aldehydes is 1. The molecule has 3 aromatic rings. The maximum absolute atomic E-state index is 11.0. The van der Waals surface area contributed by atoms with Crippen LogP contribution in [0.5, 0.6) is 11.5 Å². The highest BCUT2D eigenvalue weighted by Crippen LogP contribution is 2.38. The van der Waals surface area contributed by atoms with Crippen LogP contribution in [-0.4, -0.2) is 16.5 Å². The SMILES string of the molecule is Cc1cc(C(c2ccc(C=O)cc2)c2cc(C)c(O)c(C)c2)cc(C)c1O. The van der Waals surface area contributed by atoms with Gasteiger partial charge in [-0.1, -0.05) is 48.5 Å². The van der Waals surface area contributed by atoms with E-state index >= 15 is 0 Å². The molecule has 0 fully saturated rings. The Balaban J connectivity index is 2.24. The van der Waals surface area contributed by atoms with E-state index in [2.05, 4.69) is 0 Å². The molecule has 0 heterocycles. The van der Waals surface area contributed by atoms with Gasteiger partial charge in [0.15, 0.2) is 0 Å². The fraction of sp³-hybridized carbons (Fsp3) is 0.208. The number of rotatable bonds is 4. The van der Waals surface area contributed by atoms with Gasteiger partial charge in [0.25, 0.3) is 0 Å². The Morgan fingerprint density at radius 2 is 1.04 bits per heavy atom. The van der Waals surface area contributed by atoms with E-state index in [-0.39, 0.29) is 5.92 Å². The first-order valence-corrected chi connectivity index (χ1v) is 8.97. The maximum Gasteiger partial charge on any atom is 0.150 e. The molecular formula is C24H24O3. The summed E-state index contributed by atoms with van der Waals surface area (Å²) in [6.07, 6.45) is 0.836. The molecular weight excluding hydrogens is 336 g/mol. The van der Waals surface area contributed by atoms with Crippen molar-refractivity contribution >= 4 is 6.29 Å². The predicted molar refractivity (Wildman–Crippen MR) is 108 cm³/mol. The monoisotopic (exact) mass is 360 g/mol. The number of benzene rings is 3. The molecule has 0 aliphatic heterocycles. The third kappa shape index (κ3) is 3.59. The lowest BCUT2D eigenvalue weighted by Crippen LogP contribution is -2.06. The van der Waals surface area contributed by atoms with Crippen molar-refractivity contribution in [2.24, 2.45) is 0 Å². The number of hydrogen-bond donors (Lipinski definition) is 2. The first-order chi connectivity index (χ1) is 12.8. The van der Waals surface area contributed by atoms with Crippen LogP contribution in [-0.2, 0) is 0 Å². The lowest BCUT2D eigenvalue weighted by molar-refractivity contribution is 0.112. The summed E-state index contributed by atoms with van der Waals surface area (Å²) in [5.74, 6) is 0.556. The van der Waals surface area contributed by atoms with E-state index in [9.17, 15) is 15.0 Å². The van der Waals surface area contributed by atoms with Crippen LogP contribution in [0.25, 0.3) is 0 Å². The number of phenols is 2. The molecule has 0 saturated carbocycles. The van der Waals surface area contributed by atoms with Crippen molar-refractivity contribution in [3.05, 3.63) is 93.0 Å². The van der Waals surface area contributed by atoms with E-state index < -0.39 is 0 Å². The quantitative estimate of drug-likeness (QED) is 0.489. The first-order valence-electron chi connectivity index (χ1n) is 8.97. The summed E-state index contributed by atoms with van der Waals surface area (Å²) in [6.45, 7) is 7.58. The van der Waals surface area contributed by atoms with Gasteiger partial charge in [0.2, 0.25) is 0 Å². The molecule has 0 atom stereocenters. The number of carbonyl (C=O) groups excluding carboxylic acids is 1. The molecule has 0 bridgehead atoms. The van der Waals surface area contributed by atoms with Gasteiger partial charge in [0.05, 0.1) is 0 Å². The Labute approximate surface area is 159 Å². The topological polar surface area (TPSA) is 57.5 Å². The van der Waals surface area contributed by atoms with Crippen molar-refractivity contribution in [3.63, 3.8) is 0 Å². The van der Waals surface area contributed by atoms with Crippen LogP contribution in [0.4, 0.5) is 0 Å². The summed E-state index contributed by atoms with van der Waals surface area (Å²) < 4.78 is 0. The second kappa shape index (κ2) is 7.28. The minimum atomic E-state index is -0.0679. The zero-order valence-electron chi connectivity index (χ0n) is 16.1. The highest BCUT2D eigenvalue weighted by atomic mass is 16.3. The van der Waals surface area contributed by atoms with Crippen molar-refractivity contribution in [2.45, 2.75) is 33.6 Å². The molecule has 27 heavy (non-hydrogen) atoms. The van der Waals surface area contributed by atoms with E-state index in [0.717, 1.165) is 45.2 Å². The van der Waals surface area contributed by atoms with Crippen LogP contribution in [0.2, 0.25) is 0 Å². The minimum absolute atomic E-state index is 0.0679. The van der Waals surface area contributed by atoms with E-state index in [4.69, 9.17) is 0 Å². The van der Waals surface area contributed by atoms with E-state index in [1.54, 1.807) is 0 Å². The van der Waals surface area contributed by atoms with Gasteiger partial charge in [0, 0.05) is 11.5 Å². The van der Waals surface area contributed by atoms with Gasteiger partial charge in [-0.2, -0.15) is 0 Å². The minimum Gasteiger partial charge on any atom is -0.507 e. The molecule has 138 valence electrons. The molecule has 3 rings (SSSR count). The Morgan fingerprint density at radius 3 is 1.37 bits per heavy atom. The molecule has 0 radical (unpaired) electrons. The molecule has 0 aromatic heterocycles. The Morgan fingerprint density at radius 1 is 0.667 bits per heavy atom. The van der Waals surface area contributed by atoms with Crippen molar-refractivity contribution in [3.8, 4) is 11.5 Å². The predicted octanol–water partition coefficient (Wildman–Crippen LogP) is 5.32. The Hall–Kier alpha value is -3.07. The smallest absolute Gasteiger partial charge is 0.150 e. The first kappa shape index (κ1) is 18.7. The molecule has 0 amide bonds. The van der Waals surface area contributed by atoms with Crippen LogP contribution in [0.15, 0.2) is 48.5 Å². The molecule has 0 unspecified atom stereocenters. The van der Waals surface area contributed by atoms with Crippen LogP contribution in [0, 0.1) is 27.7 Å². The van der Waals surface area contributed by atoms with Crippen molar-refractivity contribution in [2.75, 3.05) is 0 Å². The molecule has 3 nitrogen and oxygen atoms in total. The summed E-state index contributed by atoms with van der Waals surface area (Å²) in [5.41, 5.74) is 7.11. The van der Waals surface area contributed by atoms with Crippen LogP contribution >= 0.6 is 0 Å². The average Bonchev–Trinajstić information content (AvgIpc) is 2.64. The third-order valence-electron chi connectivity index (χ3n) is 5.10. The van der Waals surface area contributed by atoms with Gasteiger partial charge in [-0.15, -0.1) is 0 Å². The summed E-state index contributed by atoms with van der Waals surface area (Å²) in [4.78, 5) is 11.0. The summed E-state index contributed by atoms with van der Waals surface area (Å²) in [6, 6.07) is 15.5. The standard InChI is InChI=1S/C24H24O3/c1-14-9-20(10-15(2)23(14)26)22(19-7-5-18(13-25)6-8-19)21-11-16(3)24(27)17(4)12-21/h5-13,22,26-27H,1-4H3. The second-order valence-corrected chi connectivity index (χ2v) is 7.22. The maximum atomic E-state index is 11.0. The van der Waals surface area contributed by atoms with E-state index in [1.807, 2.05) is 76.2 Å². The van der Waals surface area contributed by atoms with Crippen molar-refractivity contribution < 1.29 is 15.0 Å². The van der Waals surface area contributed by atoms with Crippen LogP contribution < -0.4 is 0 Å². The van der Waals surface area contributed by atoms with Crippen LogP contribution in [0.1, 0.15) is 55.2 Å². The van der Waals surface area contributed by atoms with Gasteiger partial charge in [-0.25, -0.2) is 0 Å². The number of hydrogen-bond acceptors (Lipinski definition) is 3. The van der Waals surface area contributed by atoms with Crippen LogP contribution in [0.3, 0.4) is 0 Å². The van der Waals surface area contributed by atoms with E-state index in [0.29, 0.717) is 17.1 Å². The number of aryl methyl sites for hydroxylation is 4. The van der Waals surface area contributed by atoms with Gasteiger partial charge in [-0.05, 0) is 66.6 Å². The normalized spacial score (nSPS) is 11.0. The molecule has 3 aromatic carbocycles. The van der Waals surface area contributed by atoms with Crippen molar-refractivity contribution in [1.29, 1.82) is 0 Å². The molecule has 0 spiro atoms. The fourth-order valence-corrected chi connectivity index (χ4v) is 3.66.